The molecule has 0 unspecified atom stereocenters. The Balaban J connectivity index is 1.18. The molecule has 0 spiro atoms. The van der Waals surface area contributed by atoms with Gasteiger partial charge < -0.3 is 36.6 Å². The molecule has 13 nitrogen and oxygen atoms in total. The van der Waals surface area contributed by atoms with Crippen molar-refractivity contribution in [3.05, 3.63) is 107 Å². The molecule has 1 atom stereocenters. The van der Waals surface area contributed by atoms with E-state index in [9.17, 15) is 33.0 Å². The molecule has 14 heteroatoms. The van der Waals surface area contributed by atoms with Crippen LogP contribution in [0.4, 0.5) is 17.1 Å². The number of nitrogens with two attached hydrogens (primary N) is 1. The number of nitrogens with zero attached hydrogens (tertiary/aromatic N) is 1. The van der Waals surface area contributed by atoms with Crippen molar-refractivity contribution < 1.29 is 37.8 Å². The molecule has 1 aromatic heterocycles. The molecule has 3 amide bonds. The SMILES string of the molecule is COc1cccc(Nc2c(C(N)=O)cnc3c(C)cc(S(=O)(=O)c4cccc(C(=O)NCCCCCCCC[C@H](O)c5ccc(O)c(NC=O)c5)c4)cc23)c1. The van der Waals surface area contributed by atoms with Crippen molar-refractivity contribution in [2.75, 3.05) is 24.3 Å². The van der Waals surface area contributed by atoms with E-state index >= 15 is 0 Å². The molecule has 0 aliphatic carbocycles. The molecule has 0 radical (unpaired) electrons. The number of benzene rings is 4. The van der Waals surface area contributed by atoms with Crippen LogP contribution < -0.4 is 26.4 Å². The zero-order valence-corrected chi connectivity index (χ0v) is 31.5. The van der Waals surface area contributed by atoms with Gasteiger partial charge in [0.05, 0.1) is 45.5 Å². The van der Waals surface area contributed by atoms with Crippen molar-refractivity contribution in [3.63, 3.8) is 0 Å². The third kappa shape index (κ3) is 9.96. The lowest BCUT2D eigenvalue weighted by atomic mass is 10.0. The molecule has 0 aliphatic rings. The number of fused-ring (bicyclic) bond motifs is 1. The van der Waals surface area contributed by atoms with Crippen LogP contribution in [0.15, 0.2) is 94.9 Å². The number of aliphatic hydroxyl groups excluding tert-OH is 1. The van der Waals surface area contributed by atoms with Crippen molar-refractivity contribution in [2.45, 2.75) is 67.8 Å². The third-order valence-electron chi connectivity index (χ3n) is 9.27. The van der Waals surface area contributed by atoms with Crippen molar-refractivity contribution >= 4 is 56.0 Å². The standard InChI is InChI=1S/C41H45N5O8S/c1-26-19-32(23-33-38(26)44-24-34(40(42)50)39(33)46-29-12-10-13-30(22-29)54-2)55(52,53)31-14-9-11-28(20-31)41(51)43-18-8-6-4-3-5-7-15-36(48)27-16-17-37(49)35(21-27)45-25-47/h9-14,16-17,19-25,36,48-49H,3-8,15,18H2,1-2H3,(H2,42,50)(H,43,51)(H,44,46)(H,45,47)/t36-/m0/s1. The lowest BCUT2D eigenvalue weighted by Gasteiger charge is -2.16. The number of primary amides is 1. The molecule has 55 heavy (non-hydrogen) atoms. The van der Waals surface area contributed by atoms with Gasteiger partial charge in [0, 0.05) is 35.4 Å². The first-order valence-corrected chi connectivity index (χ1v) is 19.4. The van der Waals surface area contributed by atoms with E-state index in [0.29, 0.717) is 58.5 Å². The molecule has 0 saturated carbocycles. The summed E-state index contributed by atoms with van der Waals surface area (Å²) < 4.78 is 33.4. The minimum Gasteiger partial charge on any atom is -0.506 e. The predicted octanol–water partition coefficient (Wildman–Crippen LogP) is 6.70. The Morgan fingerprint density at radius 2 is 1.67 bits per heavy atom. The van der Waals surface area contributed by atoms with Crippen LogP contribution in [0, 0.1) is 6.92 Å². The van der Waals surface area contributed by atoms with E-state index in [4.69, 9.17) is 10.5 Å². The molecule has 5 aromatic rings. The number of hydrogen-bond donors (Lipinski definition) is 6. The fourth-order valence-corrected chi connectivity index (χ4v) is 7.71. The minimum atomic E-state index is -4.12. The number of aliphatic hydroxyl groups is 1. The van der Waals surface area contributed by atoms with Crippen LogP contribution in [-0.4, -0.2) is 55.5 Å². The maximum Gasteiger partial charge on any atom is 0.252 e. The van der Waals surface area contributed by atoms with Gasteiger partial charge in [-0.15, -0.1) is 0 Å². The van der Waals surface area contributed by atoms with Crippen LogP contribution in [0.25, 0.3) is 10.9 Å². The van der Waals surface area contributed by atoms with E-state index < -0.39 is 21.8 Å². The Hall–Kier alpha value is -5.99. The first-order valence-electron chi connectivity index (χ1n) is 17.9. The topological polar surface area (TPSA) is 210 Å². The lowest BCUT2D eigenvalue weighted by molar-refractivity contribution is -0.105. The summed E-state index contributed by atoms with van der Waals surface area (Å²) in [5.74, 6) is -0.620. The molecular weight excluding hydrogens is 723 g/mol. The highest BCUT2D eigenvalue weighted by Gasteiger charge is 2.23. The average Bonchev–Trinajstić information content (AvgIpc) is 3.18. The summed E-state index contributed by atoms with van der Waals surface area (Å²) in [6.07, 6.45) is 6.94. The van der Waals surface area contributed by atoms with E-state index in [1.54, 1.807) is 49.4 Å². The summed E-state index contributed by atoms with van der Waals surface area (Å²) in [6.45, 7) is 2.15. The van der Waals surface area contributed by atoms with Gasteiger partial charge in [0.2, 0.25) is 16.2 Å². The average molecular weight is 768 g/mol. The van der Waals surface area contributed by atoms with Crippen LogP contribution in [-0.2, 0) is 14.6 Å². The Kier molecular flexibility index (Phi) is 13.4. The number of unbranched alkanes of at least 4 members (excludes halogenated alkanes) is 5. The molecule has 7 N–H and O–H groups in total. The van der Waals surface area contributed by atoms with Gasteiger partial charge >= 0.3 is 0 Å². The highest BCUT2D eigenvalue weighted by atomic mass is 32.2. The Labute approximate surface area is 319 Å². The van der Waals surface area contributed by atoms with Crippen LogP contribution in [0.5, 0.6) is 11.5 Å². The van der Waals surface area contributed by atoms with Crippen molar-refractivity contribution in [3.8, 4) is 11.5 Å². The molecule has 0 fully saturated rings. The second kappa shape index (κ2) is 18.4. The number of rotatable bonds is 19. The molecule has 0 aliphatic heterocycles. The zero-order valence-electron chi connectivity index (χ0n) is 30.7. The molecule has 1 heterocycles. The number of phenols is 1. The zero-order chi connectivity index (χ0) is 39.5. The number of carbonyl (C=O) groups excluding carboxylic acids is 3. The summed E-state index contributed by atoms with van der Waals surface area (Å²) in [5, 5.41) is 29.2. The molecule has 0 bridgehead atoms. The molecule has 0 saturated heterocycles. The smallest absolute Gasteiger partial charge is 0.252 e. The number of aromatic hydroxyl groups is 1. The van der Waals surface area contributed by atoms with Crippen molar-refractivity contribution in [2.24, 2.45) is 5.73 Å². The third-order valence-corrected chi connectivity index (χ3v) is 11.0. The Bertz CT molecular complexity index is 2300. The number of anilines is 3. The van der Waals surface area contributed by atoms with Gasteiger partial charge in [-0.25, -0.2) is 8.42 Å². The number of pyridine rings is 1. The van der Waals surface area contributed by atoms with Crippen molar-refractivity contribution in [1.29, 1.82) is 0 Å². The molecular formula is C41H45N5O8S. The number of ether oxygens (including phenoxy) is 1. The van der Waals surface area contributed by atoms with Gasteiger partial charge in [-0.1, -0.05) is 50.3 Å². The fourth-order valence-electron chi connectivity index (χ4n) is 6.29. The van der Waals surface area contributed by atoms with Crippen LogP contribution >= 0.6 is 0 Å². The molecule has 288 valence electrons. The summed E-state index contributed by atoms with van der Waals surface area (Å²) in [7, 11) is -2.59. The van der Waals surface area contributed by atoms with Gasteiger partial charge in [-0.05, 0) is 85.5 Å². The minimum absolute atomic E-state index is 0.0388. The number of amides is 3. The van der Waals surface area contributed by atoms with Gasteiger partial charge in [0.1, 0.15) is 11.5 Å². The Morgan fingerprint density at radius 1 is 0.927 bits per heavy atom. The number of nitrogens with one attached hydrogen (secondary N) is 3. The second-order valence-corrected chi connectivity index (χ2v) is 15.1. The van der Waals surface area contributed by atoms with E-state index in [-0.39, 0.29) is 38.3 Å². The van der Waals surface area contributed by atoms with Gasteiger partial charge in [0.15, 0.2) is 0 Å². The largest absolute Gasteiger partial charge is 0.506 e. The number of carbonyl (C=O) groups is 3. The lowest BCUT2D eigenvalue weighted by Crippen LogP contribution is -2.24. The van der Waals surface area contributed by atoms with E-state index in [2.05, 4.69) is 20.9 Å². The number of aromatic nitrogens is 1. The monoisotopic (exact) mass is 767 g/mol. The van der Waals surface area contributed by atoms with E-state index in [1.165, 1.54) is 49.7 Å². The summed E-state index contributed by atoms with van der Waals surface area (Å²) in [6, 6.07) is 20.5. The molecule has 5 rings (SSSR count). The van der Waals surface area contributed by atoms with Gasteiger partial charge in [-0.2, -0.15) is 0 Å². The second-order valence-electron chi connectivity index (χ2n) is 13.2. The van der Waals surface area contributed by atoms with Gasteiger partial charge in [-0.3, -0.25) is 19.4 Å². The highest BCUT2D eigenvalue weighted by molar-refractivity contribution is 7.91. The maximum absolute atomic E-state index is 14.0. The Morgan fingerprint density at radius 3 is 2.42 bits per heavy atom. The number of hydrogen-bond acceptors (Lipinski definition) is 10. The molecule has 4 aromatic carbocycles. The van der Waals surface area contributed by atoms with Crippen LogP contribution in [0.3, 0.4) is 0 Å². The highest BCUT2D eigenvalue weighted by Crippen LogP contribution is 2.35. The van der Waals surface area contributed by atoms with Crippen LogP contribution in [0.1, 0.15) is 82.9 Å². The maximum atomic E-state index is 14.0. The summed E-state index contributed by atoms with van der Waals surface area (Å²) in [4.78, 5) is 40.5. The first-order chi connectivity index (χ1) is 26.4. The summed E-state index contributed by atoms with van der Waals surface area (Å²) in [5.41, 5.74) is 8.79. The summed E-state index contributed by atoms with van der Waals surface area (Å²) >= 11 is 0. The van der Waals surface area contributed by atoms with Gasteiger partial charge in [0.25, 0.3) is 11.8 Å². The van der Waals surface area contributed by atoms with E-state index in [1.807, 2.05) is 0 Å². The number of methoxy groups -OCH3 is 1. The van der Waals surface area contributed by atoms with Crippen molar-refractivity contribution in [1.82, 2.24) is 10.3 Å². The number of aryl methyl sites for hydroxylation is 1. The number of sulfone groups is 1. The predicted molar refractivity (Wildman–Crippen MR) is 211 cm³/mol. The van der Waals surface area contributed by atoms with E-state index in [0.717, 1.165) is 38.5 Å². The fraction of sp³-hybridized carbons (Fsp3) is 0.268. The van der Waals surface area contributed by atoms with Crippen LogP contribution in [0.2, 0.25) is 0 Å². The normalized spacial score (nSPS) is 11.8. The quantitative estimate of drug-likeness (QED) is 0.0298. The first kappa shape index (κ1) is 40.2. The number of phenolic OH excluding ortho intramolecular Hbond substituents is 1.